The molecule has 17 heteroatoms. The lowest BCUT2D eigenvalue weighted by atomic mass is 9.86. The van der Waals surface area contributed by atoms with Gasteiger partial charge in [0.05, 0.1) is 29.0 Å². The van der Waals surface area contributed by atoms with E-state index in [4.69, 9.17) is 20.2 Å². The monoisotopic (exact) mass is 769 g/mol. The number of anilines is 1. The molecular weight excluding hydrogens is 726 g/mol. The topological polar surface area (TPSA) is 245 Å². The molecule has 2 aliphatic rings. The number of rotatable bonds is 13. The van der Waals surface area contributed by atoms with Crippen LogP contribution in [0, 0.1) is 0 Å². The Kier molecular flexibility index (Phi) is 11.0. The Morgan fingerprint density at radius 1 is 1.07 bits per heavy atom. The predicted octanol–water partition coefficient (Wildman–Crippen LogP) is 2.87. The number of hydrogen-bond donors (Lipinski definition) is 6. The number of likely N-dealkylation sites (N-methyl/N-ethyl adjacent to an activating group) is 1. The Morgan fingerprint density at radius 2 is 1.80 bits per heavy atom. The van der Waals surface area contributed by atoms with Crippen molar-refractivity contribution in [3.05, 3.63) is 86.7 Å². The number of nitrogens with two attached hydrogens (primary N) is 1. The molecule has 2 aromatic heterocycles. The van der Waals surface area contributed by atoms with Gasteiger partial charge in [-0.1, -0.05) is 26.0 Å². The van der Waals surface area contributed by atoms with Crippen molar-refractivity contribution in [1.29, 1.82) is 0 Å². The fraction of sp³-hybridized carbons (Fsp3) is 0.359. The smallest absolute Gasteiger partial charge is 0.405 e. The van der Waals surface area contributed by atoms with E-state index in [0.717, 1.165) is 16.5 Å². The number of fused-ring (bicyclic) bond motifs is 5. The minimum Gasteiger partial charge on any atom is -0.476 e. The predicted molar refractivity (Wildman–Crippen MR) is 203 cm³/mol. The molecule has 2 unspecified atom stereocenters. The third kappa shape index (κ3) is 7.44. The average Bonchev–Trinajstić information content (AvgIpc) is 3.53. The summed E-state index contributed by atoms with van der Waals surface area (Å²) in [6.07, 6.45) is -1.47. The van der Waals surface area contributed by atoms with E-state index in [1.54, 1.807) is 74.1 Å². The third-order valence-electron chi connectivity index (χ3n) is 10.1. The second-order valence-corrected chi connectivity index (χ2v) is 13.8. The second-order valence-electron chi connectivity index (χ2n) is 13.8. The van der Waals surface area contributed by atoms with Crippen molar-refractivity contribution in [3.63, 3.8) is 0 Å². The number of esters is 1. The number of pyridine rings is 2. The summed E-state index contributed by atoms with van der Waals surface area (Å²) in [5.74, 6) is -1.38. The number of ether oxygens (including phenoxy) is 2. The van der Waals surface area contributed by atoms with Gasteiger partial charge in [0.15, 0.2) is 5.60 Å². The van der Waals surface area contributed by atoms with E-state index in [1.807, 2.05) is 6.92 Å². The molecular formula is C39H43N7O10. The van der Waals surface area contributed by atoms with Crippen LogP contribution in [0.5, 0.6) is 5.75 Å². The van der Waals surface area contributed by atoms with E-state index < -0.39 is 41.7 Å². The number of carbonyl (C=O) groups is 5. The average molecular weight is 770 g/mol. The summed E-state index contributed by atoms with van der Waals surface area (Å²) in [5.41, 5.74) is 7.52. The Bertz CT molecular complexity index is 2310. The number of carboxylic acid groups (broad SMARTS) is 1. The van der Waals surface area contributed by atoms with Crippen molar-refractivity contribution >= 4 is 46.5 Å². The summed E-state index contributed by atoms with van der Waals surface area (Å²) in [6, 6.07) is 11.5. The molecule has 6 rings (SSSR count). The molecule has 56 heavy (non-hydrogen) atoms. The normalized spacial score (nSPS) is 16.4. The number of cyclic esters (lactones) is 1. The lowest BCUT2D eigenvalue weighted by Crippen LogP contribution is -2.44. The molecule has 17 nitrogen and oxygen atoms in total. The molecule has 4 heterocycles. The third-order valence-corrected chi connectivity index (χ3v) is 10.1. The number of nitrogens with zero attached hydrogens (tertiary/aromatic N) is 3. The second kappa shape index (κ2) is 15.7. The molecule has 0 fully saturated rings. The molecule has 2 aromatic carbocycles. The molecule has 3 atom stereocenters. The van der Waals surface area contributed by atoms with E-state index in [-0.39, 0.29) is 61.6 Å². The van der Waals surface area contributed by atoms with Crippen molar-refractivity contribution in [2.45, 2.75) is 70.4 Å². The van der Waals surface area contributed by atoms with Gasteiger partial charge in [-0.05, 0) is 67.6 Å². The fourth-order valence-electron chi connectivity index (χ4n) is 7.16. The lowest BCUT2D eigenvalue weighted by molar-refractivity contribution is -0.172. The van der Waals surface area contributed by atoms with E-state index in [0.29, 0.717) is 40.3 Å². The highest BCUT2D eigenvalue weighted by Gasteiger charge is 2.45. The summed E-state index contributed by atoms with van der Waals surface area (Å²) in [6.45, 7) is 3.81. The largest absolute Gasteiger partial charge is 0.476 e. The van der Waals surface area contributed by atoms with E-state index in [1.165, 1.54) is 4.90 Å². The van der Waals surface area contributed by atoms with Crippen LogP contribution in [0.25, 0.3) is 22.3 Å². The summed E-state index contributed by atoms with van der Waals surface area (Å²) >= 11 is 0. The van der Waals surface area contributed by atoms with Gasteiger partial charge >= 0.3 is 18.1 Å². The SMILES string of the molecule is CCc1c2c(nc3ccc(OC(C(=O)N(C)C)c4ccc(NC(=O)C(CCCNC(N)=O)NC(=O)O)cc4)cc13)-c1cc3c(c(=O)n1C2)COC(=O)[C@]3(O)CC. The summed E-state index contributed by atoms with van der Waals surface area (Å²) in [5, 5.41) is 28.5. The zero-order valence-corrected chi connectivity index (χ0v) is 31.3. The van der Waals surface area contributed by atoms with Crippen LogP contribution in [0.2, 0.25) is 0 Å². The van der Waals surface area contributed by atoms with Gasteiger partial charge in [-0.2, -0.15) is 0 Å². The molecule has 0 spiro atoms. The number of aliphatic hydroxyl groups is 1. The number of amides is 5. The fourth-order valence-corrected chi connectivity index (χ4v) is 7.16. The molecule has 294 valence electrons. The lowest BCUT2D eigenvalue weighted by Gasteiger charge is -2.31. The number of aryl methyl sites for hydroxylation is 1. The molecule has 7 N–H and O–H groups in total. The quantitative estimate of drug-likeness (QED) is 0.0751. The highest BCUT2D eigenvalue weighted by atomic mass is 16.6. The van der Waals surface area contributed by atoms with Crippen LogP contribution in [0.1, 0.15) is 67.0 Å². The van der Waals surface area contributed by atoms with Gasteiger partial charge in [0, 0.05) is 48.4 Å². The molecule has 0 aliphatic carbocycles. The number of urea groups is 1. The maximum atomic E-state index is 13.7. The van der Waals surface area contributed by atoms with Crippen LogP contribution in [0.4, 0.5) is 15.3 Å². The van der Waals surface area contributed by atoms with E-state index in [9.17, 15) is 39.0 Å². The number of primary amides is 1. The Morgan fingerprint density at radius 3 is 2.45 bits per heavy atom. The number of nitrogens with one attached hydrogen (secondary N) is 3. The van der Waals surface area contributed by atoms with Crippen LogP contribution in [0.3, 0.4) is 0 Å². The van der Waals surface area contributed by atoms with Crippen molar-refractivity contribution in [3.8, 4) is 17.1 Å². The Balaban J connectivity index is 1.27. The molecule has 2 aliphatic heterocycles. The maximum Gasteiger partial charge on any atom is 0.405 e. The van der Waals surface area contributed by atoms with Crippen LogP contribution < -0.4 is 32.0 Å². The summed E-state index contributed by atoms with van der Waals surface area (Å²) in [7, 11) is 3.21. The van der Waals surface area contributed by atoms with Gasteiger partial charge in [-0.3, -0.25) is 14.4 Å². The highest BCUT2D eigenvalue weighted by molar-refractivity contribution is 5.96. The number of carbonyl (C=O) groups excluding carboxylic acids is 4. The number of benzene rings is 2. The number of aromatic nitrogens is 2. The molecule has 0 radical (unpaired) electrons. The van der Waals surface area contributed by atoms with E-state index in [2.05, 4.69) is 16.0 Å². The van der Waals surface area contributed by atoms with Gasteiger partial charge < -0.3 is 50.8 Å². The van der Waals surface area contributed by atoms with Crippen LogP contribution in [-0.4, -0.2) is 81.3 Å². The van der Waals surface area contributed by atoms with Crippen molar-refractivity contribution in [2.75, 3.05) is 26.0 Å². The van der Waals surface area contributed by atoms with Gasteiger partial charge in [0.2, 0.25) is 12.0 Å². The first kappa shape index (κ1) is 39.2. The van der Waals surface area contributed by atoms with Gasteiger partial charge in [-0.15, -0.1) is 0 Å². The molecule has 4 aromatic rings. The van der Waals surface area contributed by atoms with Crippen LogP contribution >= 0.6 is 0 Å². The van der Waals surface area contributed by atoms with Crippen molar-refractivity contribution in [2.24, 2.45) is 5.73 Å². The standard InChI is InChI=1S/C39H43N7O10/c1-5-23-24-16-22(13-14-28(24)43-31-25(23)18-46-30(31)17-27-26(34(46)48)19-55-36(50)39(27,54)6-2)56-32(35(49)45(3)4)20-9-11-21(12-10-20)42-33(47)29(44-38(52)53)8-7-15-41-37(40)51/h9-14,16-17,29,32,44,54H,5-8,15,18-19H2,1-4H3,(H,42,47)(H,52,53)(H3,40,41,51)/t29?,32?,39-/m0/s1. The Labute approximate surface area is 320 Å². The van der Waals surface area contributed by atoms with Crippen LogP contribution in [-0.2, 0) is 44.3 Å². The first-order valence-electron chi connectivity index (χ1n) is 18.1. The van der Waals surface area contributed by atoms with Gasteiger partial charge in [0.1, 0.15) is 18.4 Å². The van der Waals surface area contributed by atoms with E-state index >= 15 is 0 Å². The first-order chi connectivity index (χ1) is 26.7. The highest BCUT2D eigenvalue weighted by Crippen LogP contribution is 2.41. The Hall–Kier alpha value is -6.49. The summed E-state index contributed by atoms with van der Waals surface area (Å²) in [4.78, 5) is 81.4. The first-order valence-corrected chi connectivity index (χ1v) is 18.1. The van der Waals surface area contributed by atoms with Gasteiger partial charge in [0.25, 0.3) is 11.5 Å². The molecule has 5 amide bonds. The minimum absolute atomic E-state index is 0.0352. The van der Waals surface area contributed by atoms with Crippen LogP contribution in [0.15, 0.2) is 53.3 Å². The molecule has 0 bridgehead atoms. The molecule has 0 saturated heterocycles. The summed E-state index contributed by atoms with van der Waals surface area (Å²) < 4.78 is 13.2. The molecule has 0 saturated carbocycles. The van der Waals surface area contributed by atoms with Crippen molar-refractivity contribution < 1.29 is 43.7 Å². The zero-order chi connectivity index (χ0) is 40.5. The van der Waals surface area contributed by atoms with Gasteiger partial charge in [-0.25, -0.2) is 19.4 Å². The number of hydrogen-bond acceptors (Lipinski definition) is 10. The zero-order valence-electron chi connectivity index (χ0n) is 31.3. The maximum absolute atomic E-state index is 13.7. The van der Waals surface area contributed by atoms with Crippen molar-refractivity contribution in [1.82, 2.24) is 25.1 Å². The minimum atomic E-state index is -1.94.